The Bertz CT molecular complexity index is 407. The lowest BCUT2D eigenvalue weighted by molar-refractivity contribution is 0.0765. The van der Waals surface area contributed by atoms with Crippen molar-refractivity contribution >= 4 is 11.6 Å². The summed E-state index contributed by atoms with van der Waals surface area (Å²) in [6.45, 7) is 12.8. The number of aromatic nitrogens is 2. The summed E-state index contributed by atoms with van der Waals surface area (Å²) in [6, 6.07) is 0. The minimum atomic E-state index is 0.317. The van der Waals surface area contributed by atoms with Crippen LogP contribution in [0.2, 0.25) is 0 Å². The van der Waals surface area contributed by atoms with E-state index in [4.69, 9.17) is 4.74 Å². The van der Waals surface area contributed by atoms with E-state index in [0.717, 1.165) is 55.6 Å². The molecule has 0 atom stereocenters. The fourth-order valence-electron chi connectivity index (χ4n) is 1.89. The number of ether oxygens (including phenoxy) is 1. The fraction of sp³-hybridized carbons (Fsp3) is 0.733. The van der Waals surface area contributed by atoms with E-state index in [2.05, 4.69) is 41.4 Å². The molecule has 0 bridgehead atoms. The summed E-state index contributed by atoms with van der Waals surface area (Å²) in [5.41, 5.74) is 1.08. The van der Waals surface area contributed by atoms with Crippen LogP contribution in [0.5, 0.6) is 0 Å². The molecule has 0 aliphatic heterocycles. The zero-order valence-electron chi connectivity index (χ0n) is 13.4. The number of hydrogen-bond acceptors (Lipinski definition) is 5. The maximum atomic E-state index is 5.52. The number of aryl methyl sites for hydroxylation is 1. The summed E-state index contributed by atoms with van der Waals surface area (Å²) in [5.74, 6) is 2.64. The van der Waals surface area contributed by atoms with Crippen LogP contribution >= 0.6 is 0 Å². The molecule has 1 aromatic heterocycles. The molecule has 0 fully saturated rings. The van der Waals surface area contributed by atoms with E-state index >= 15 is 0 Å². The van der Waals surface area contributed by atoms with Crippen LogP contribution in [0.25, 0.3) is 0 Å². The summed E-state index contributed by atoms with van der Waals surface area (Å²) in [6.07, 6.45) is 2.46. The molecule has 0 saturated heterocycles. The molecule has 0 aliphatic rings. The molecule has 2 N–H and O–H groups in total. The third-order valence-corrected chi connectivity index (χ3v) is 2.92. The van der Waals surface area contributed by atoms with Crippen molar-refractivity contribution in [2.24, 2.45) is 0 Å². The van der Waals surface area contributed by atoms with Crippen LogP contribution in [0, 0.1) is 13.8 Å². The van der Waals surface area contributed by atoms with Gasteiger partial charge in [0.15, 0.2) is 0 Å². The number of nitrogens with one attached hydrogen (secondary N) is 2. The van der Waals surface area contributed by atoms with Crippen LogP contribution in [-0.4, -0.2) is 35.8 Å². The standard InChI is InChI=1S/C15H28N4O/c1-6-16-14-12(4)15(19-13(5)18-14)17-9-7-8-10-20-11(2)3/h11H,6-10H2,1-5H3,(H2,16,17,18,19). The summed E-state index contributed by atoms with van der Waals surface area (Å²) < 4.78 is 5.52. The van der Waals surface area contributed by atoms with Gasteiger partial charge in [0.05, 0.1) is 6.10 Å². The maximum absolute atomic E-state index is 5.52. The Balaban J connectivity index is 2.43. The van der Waals surface area contributed by atoms with Gasteiger partial charge in [0.2, 0.25) is 0 Å². The van der Waals surface area contributed by atoms with Gasteiger partial charge >= 0.3 is 0 Å². The second-order valence-electron chi connectivity index (χ2n) is 5.18. The van der Waals surface area contributed by atoms with E-state index in [1.165, 1.54) is 0 Å². The molecule has 0 radical (unpaired) electrons. The molecule has 0 amide bonds. The molecular weight excluding hydrogens is 252 g/mol. The van der Waals surface area contributed by atoms with Gasteiger partial charge in [0.1, 0.15) is 17.5 Å². The van der Waals surface area contributed by atoms with Crippen LogP contribution in [-0.2, 0) is 4.74 Å². The summed E-state index contributed by atoms with van der Waals surface area (Å²) in [4.78, 5) is 8.89. The van der Waals surface area contributed by atoms with Crippen molar-refractivity contribution in [3.8, 4) is 0 Å². The van der Waals surface area contributed by atoms with E-state index < -0.39 is 0 Å². The number of nitrogens with zero attached hydrogens (tertiary/aromatic N) is 2. The first-order chi connectivity index (χ1) is 9.54. The van der Waals surface area contributed by atoms with E-state index in [0.29, 0.717) is 6.10 Å². The SMILES string of the molecule is CCNc1nc(C)nc(NCCCCOC(C)C)c1C. The molecular formula is C15H28N4O. The van der Waals surface area contributed by atoms with Gasteiger partial charge in [0.25, 0.3) is 0 Å². The molecule has 0 aliphatic carbocycles. The molecule has 5 heteroatoms. The van der Waals surface area contributed by atoms with Crippen LogP contribution in [0.1, 0.15) is 45.0 Å². The number of rotatable bonds is 9. The molecule has 114 valence electrons. The van der Waals surface area contributed by atoms with E-state index in [-0.39, 0.29) is 0 Å². The van der Waals surface area contributed by atoms with Gasteiger partial charge in [-0.1, -0.05) is 0 Å². The third-order valence-electron chi connectivity index (χ3n) is 2.92. The van der Waals surface area contributed by atoms with E-state index in [9.17, 15) is 0 Å². The maximum Gasteiger partial charge on any atom is 0.134 e. The fourth-order valence-corrected chi connectivity index (χ4v) is 1.89. The van der Waals surface area contributed by atoms with Gasteiger partial charge < -0.3 is 15.4 Å². The Morgan fingerprint density at radius 3 is 2.30 bits per heavy atom. The van der Waals surface area contributed by atoms with E-state index in [1.54, 1.807) is 0 Å². The minimum Gasteiger partial charge on any atom is -0.379 e. The van der Waals surface area contributed by atoms with E-state index in [1.807, 2.05) is 13.8 Å². The molecule has 5 nitrogen and oxygen atoms in total. The van der Waals surface area contributed by atoms with Crippen molar-refractivity contribution in [1.29, 1.82) is 0 Å². The Morgan fingerprint density at radius 1 is 1.05 bits per heavy atom. The number of anilines is 2. The predicted octanol–water partition coefficient (Wildman–Crippen LogP) is 3.14. The highest BCUT2D eigenvalue weighted by Crippen LogP contribution is 2.19. The van der Waals surface area contributed by atoms with Gasteiger partial charge in [0, 0.05) is 25.3 Å². The first-order valence-corrected chi connectivity index (χ1v) is 7.49. The first kappa shape index (κ1) is 16.7. The zero-order valence-corrected chi connectivity index (χ0v) is 13.4. The normalized spacial score (nSPS) is 10.9. The Morgan fingerprint density at radius 2 is 1.70 bits per heavy atom. The summed E-state index contributed by atoms with van der Waals surface area (Å²) in [5, 5.41) is 6.66. The Labute approximate surface area is 122 Å². The quantitative estimate of drug-likeness (QED) is 0.681. The minimum absolute atomic E-state index is 0.317. The van der Waals surface area contributed by atoms with Crippen molar-refractivity contribution in [1.82, 2.24) is 9.97 Å². The highest BCUT2D eigenvalue weighted by Gasteiger charge is 2.07. The monoisotopic (exact) mass is 280 g/mol. The summed E-state index contributed by atoms with van der Waals surface area (Å²) >= 11 is 0. The van der Waals surface area contributed by atoms with Crippen molar-refractivity contribution < 1.29 is 4.74 Å². The molecule has 0 unspecified atom stereocenters. The molecule has 0 spiro atoms. The zero-order chi connectivity index (χ0) is 15.0. The van der Waals surface area contributed by atoms with Crippen molar-refractivity contribution in [2.75, 3.05) is 30.3 Å². The Kier molecular flexibility index (Phi) is 7.30. The molecule has 1 rings (SSSR count). The van der Waals surface area contributed by atoms with Gasteiger partial charge in [-0.2, -0.15) is 0 Å². The predicted molar refractivity (Wildman–Crippen MR) is 84.5 cm³/mol. The lowest BCUT2D eigenvalue weighted by Gasteiger charge is -2.13. The molecule has 0 saturated carbocycles. The van der Waals surface area contributed by atoms with Gasteiger partial charge in [-0.3, -0.25) is 0 Å². The molecule has 20 heavy (non-hydrogen) atoms. The number of hydrogen-bond donors (Lipinski definition) is 2. The van der Waals surface area contributed by atoms with Crippen LogP contribution in [0.3, 0.4) is 0 Å². The molecule has 1 aromatic rings. The average Bonchev–Trinajstić information content (AvgIpc) is 2.38. The smallest absolute Gasteiger partial charge is 0.134 e. The highest BCUT2D eigenvalue weighted by atomic mass is 16.5. The van der Waals surface area contributed by atoms with Crippen molar-refractivity contribution in [3.63, 3.8) is 0 Å². The largest absolute Gasteiger partial charge is 0.379 e. The lowest BCUT2D eigenvalue weighted by atomic mass is 10.2. The topological polar surface area (TPSA) is 59.1 Å². The average molecular weight is 280 g/mol. The Hall–Kier alpha value is -1.36. The second-order valence-corrected chi connectivity index (χ2v) is 5.18. The molecule has 1 heterocycles. The van der Waals surface area contributed by atoms with Gasteiger partial charge in [-0.25, -0.2) is 9.97 Å². The summed E-state index contributed by atoms with van der Waals surface area (Å²) in [7, 11) is 0. The highest BCUT2D eigenvalue weighted by molar-refractivity contribution is 5.57. The lowest BCUT2D eigenvalue weighted by Crippen LogP contribution is -2.11. The number of unbranched alkanes of at least 4 members (excludes halogenated alkanes) is 1. The van der Waals surface area contributed by atoms with Crippen LogP contribution in [0.4, 0.5) is 11.6 Å². The van der Waals surface area contributed by atoms with Gasteiger partial charge in [-0.15, -0.1) is 0 Å². The first-order valence-electron chi connectivity index (χ1n) is 7.49. The second kappa shape index (κ2) is 8.74. The third kappa shape index (κ3) is 5.74. The van der Waals surface area contributed by atoms with Crippen molar-refractivity contribution in [2.45, 2.75) is 53.6 Å². The van der Waals surface area contributed by atoms with Crippen molar-refractivity contribution in [3.05, 3.63) is 11.4 Å². The van der Waals surface area contributed by atoms with Gasteiger partial charge in [-0.05, 0) is 47.5 Å². The van der Waals surface area contributed by atoms with Crippen LogP contribution in [0.15, 0.2) is 0 Å². The molecule has 0 aromatic carbocycles. The van der Waals surface area contributed by atoms with Crippen LogP contribution < -0.4 is 10.6 Å².